The minimum absolute atomic E-state index is 0.384. The van der Waals surface area contributed by atoms with Gasteiger partial charge in [-0.25, -0.2) is 0 Å². The van der Waals surface area contributed by atoms with E-state index in [4.69, 9.17) is 9.72 Å². The number of aromatic nitrogens is 1. The van der Waals surface area contributed by atoms with E-state index in [2.05, 4.69) is 106 Å². The van der Waals surface area contributed by atoms with Gasteiger partial charge in [-0.15, -0.1) is 0 Å². The zero-order valence-corrected chi connectivity index (χ0v) is 25.7. The van der Waals surface area contributed by atoms with Crippen LogP contribution >= 0.6 is 0 Å². The van der Waals surface area contributed by atoms with Crippen molar-refractivity contribution in [2.24, 2.45) is 5.10 Å². The number of piperidine rings is 1. The standard InChI is InChI=1S/C35H48N4O/c1-8-16-36-38-30-14-15-31(25(4)5)32(21-30)34-19-29(22-39-17-10-9-11-18-39)33(27(7)37-34)23-40-35-20-28(24(2)3)13-12-26(35)6/h12-16,19-21,24-25,38H,8-11,17-18,22-23H2,1-7H3/b36-16-. The van der Waals surface area contributed by atoms with Crippen molar-refractivity contribution in [1.29, 1.82) is 0 Å². The summed E-state index contributed by atoms with van der Waals surface area (Å²) in [4.78, 5) is 7.79. The highest BCUT2D eigenvalue weighted by atomic mass is 16.5. The van der Waals surface area contributed by atoms with Crippen LogP contribution in [0.2, 0.25) is 0 Å². The summed E-state index contributed by atoms with van der Waals surface area (Å²) in [5.41, 5.74) is 13.7. The van der Waals surface area contributed by atoms with Crippen molar-refractivity contribution in [3.63, 3.8) is 0 Å². The summed E-state index contributed by atoms with van der Waals surface area (Å²) in [6.07, 6.45) is 6.66. The number of hydrazone groups is 1. The Kier molecular flexibility index (Phi) is 10.4. The third-order valence-corrected chi connectivity index (χ3v) is 7.94. The van der Waals surface area contributed by atoms with Gasteiger partial charge in [-0.2, -0.15) is 5.10 Å². The number of nitrogens with one attached hydrogen (secondary N) is 1. The van der Waals surface area contributed by atoms with Gasteiger partial charge >= 0.3 is 0 Å². The molecule has 1 fully saturated rings. The van der Waals surface area contributed by atoms with E-state index in [0.29, 0.717) is 18.4 Å². The molecule has 1 aromatic heterocycles. The van der Waals surface area contributed by atoms with Crippen molar-refractivity contribution in [3.05, 3.63) is 76.0 Å². The first-order valence-electron chi connectivity index (χ1n) is 15.1. The van der Waals surface area contributed by atoms with Gasteiger partial charge in [-0.1, -0.05) is 59.2 Å². The summed E-state index contributed by atoms with van der Waals surface area (Å²) >= 11 is 0. The fraction of sp³-hybridized carbons (Fsp3) is 0.486. The fourth-order valence-corrected chi connectivity index (χ4v) is 5.44. The molecule has 1 aliphatic heterocycles. The molecule has 1 N–H and O–H groups in total. The highest BCUT2D eigenvalue weighted by Crippen LogP contribution is 2.34. The molecule has 0 amide bonds. The molecule has 4 rings (SSSR count). The summed E-state index contributed by atoms with van der Waals surface area (Å²) in [5, 5.41) is 4.35. The average molecular weight is 541 g/mol. The molecule has 5 nitrogen and oxygen atoms in total. The van der Waals surface area contributed by atoms with Gasteiger partial charge in [0.2, 0.25) is 0 Å². The van der Waals surface area contributed by atoms with Crippen molar-refractivity contribution in [2.45, 2.75) is 99.1 Å². The molecule has 5 heteroatoms. The van der Waals surface area contributed by atoms with E-state index in [-0.39, 0.29) is 0 Å². The van der Waals surface area contributed by atoms with Crippen LogP contribution < -0.4 is 10.2 Å². The Labute approximate surface area is 242 Å². The molecule has 0 aliphatic carbocycles. The lowest BCUT2D eigenvalue weighted by atomic mass is 9.93. The first kappa shape index (κ1) is 29.8. The molecular weight excluding hydrogens is 492 g/mol. The molecule has 40 heavy (non-hydrogen) atoms. The normalized spacial score (nSPS) is 14.4. The van der Waals surface area contributed by atoms with Crippen molar-refractivity contribution in [3.8, 4) is 17.0 Å². The van der Waals surface area contributed by atoms with E-state index in [1.54, 1.807) is 0 Å². The topological polar surface area (TPSA) is 49.8 Å². The number of nitrogens with zero attached hydrogens (tertiary/aromatic N) is 3. The lowest BCUT2D eigenvalue weighted by Gasteiger charge is -2.28. The summed E-state index contributed by atoms with van der Waals surface area (Å²) in [7, 11) is 0. The lowest BCUT2D eigenvalue weighted by Crippen LogP contribution is -2.29. The van der Waals surface area contributed by atoms with Gasteiger partial charge in [0, 0.05) is 29.6 Å². The maximum absolute atomic E-state index is 6.52. The zero-order valence-electron chi connectivity index (χ0n) is 25.7. The number of aryl methyl sites for hydroxylation is 2. The molecule has 2 aromatic carbocycles. The van der Waals surface area contributed by atoms with Gasteiger partial charge in [-0.05, 0) is 105 Å². The van der Waals surface area contributed by atoms with Gasteiger partial charge in [-0.3, -0.25) is 15.3 Å². The number of hydrogen-bond donors (Lipinski definition) is 1. The van der Waals surface area contributed by atoms with Crippen molar-refractivity contribution in [1.82, 2.24) is 9.88 Å². The Morgan fingerprint density at radius 3 is 2.45 bits per heavy atom. The highest BCUT2D eigenvalue weighted by molar-refractivity contribution is 5.71. The molecule has 1 saturated heterocycles. The van der Waals surface area contributed by atoms with Crippen molar-refractivity contribution >= 4 is 11.9 Å². The van der Waals surface area contributed by atoms with E-state index in [0.717, 1.165) is 48.9 Å². The first-order valence-corrected chi connectivity index (χ1v) is 15.1. The van der Waals surface area contributed by atoms with Gasteiger partial charge in [0.15, 0.2) is 0 Å². The number of rotatable bonds is 11. The molecule has 0 bridgehead atoms. The van der Waals surface area contributed by atoms with Crippen LogP contribution in [-0.4, -0.2) is 29.2 Å². The van der Waals surface area contributed by atoms with Crippen molar-refractivity contribution < 1.29 is 4.74 Å². The van der Waals surface area contributed by atoms with E-state index >= 15 is 0 Å². The Bertz CT molecular complexity index is 1300. The SMILES string of the molecule is CC/C=N\Nc1ccc(C(C)C)c(-c2cc(CN3CCCCC3)c(COc3cc(C(C)C)ccc3C)c(C)n2)c1. The summed E-state index contributed by atoms with van der Waals surface area (Å²) in [6.45, 7) is 19.1. The van der Waals surface area contributed by atoms with Crippen LogP contribution in [0.15, 0.2) is 47.6 Å². The Morgan fingerprint density at radius 2 is 1.75 bits per heavy atom. The van der Waals surface area contributed by atoms with Crippen LogP contribution in [0.25, 0.3) is 11.3 Å². The lowest BCUT2D eigenvalue weighted by molar-refractivity contribution is 0.218. The van der Waals surface area contributed by atoms with Gasteiger partial charge in [0.1, 0.15) is 12.4 Å². The largest absolute Gasteiger partial charge is 0.489 e. The quantitative estimate of drug-likeness (QED) is 0.195. The number of pyridine rings is 1. The molecular formula is C35H48N4O. The number of anilines is 1. The number of benzene rings is 2. The predicted molar refractivity (Wildman–Crippen MR) is 170 cm³/mol. The zero-order chi connectivity index (χ0) is 28.6. The molecule has 0 unspecified atom stereocenters. The summed E-state index contributed by atoms with van der Waals surface area (Å²) < 4.78 is 6.52. The second kappa shape index (κ2) is 13.9. The van der Waals surface area contributed by atoms with Gasteiger partial charge < -0.3 is 4.74 Å². The van der Waals surface area contributed by atoms with Crippen molar-refractivity contribution in [2.75, 3.05) is 18.5 Å². The molecule has 1 aliphatic rings. The van der Waals surface area contributed by atoms with Gasteiger partial charge in [0.05, 0.1) is 11.4 Å². The van der Waals surface area contributed by atoms with E-state index in [1.165, 1.54) is 52.6 Å². The molecule has 0 radical (unpaired) electrons. The molecule has 3 aromatic rings. The second-order valence-corrected chi connectivity index (χ2v) is 11.8. The smallest absolute Gasteiger partial charge is 0.123 e. The Morgan fingerprint density at radius 1 is 0.975 bits per heavy atom. The van der Waals surface area contributed by atoms with Crippen LogP contribution in [0.4, 0.5) is 5.69 Å². The molecule has 0 atom stereocenters. The van der Waals surface area contributed by atoms with Gasteiger partial charge in [0.25, 0.3) is 0 Å². The second-order valence-electron chi connectivity index (χ2n) is 11.8. The van der Waals surface area contributed by atoms with E-state index < -0.39 is 0 Å². The van der Waals surface area contributed by atoms with E-state index in [1.807, 2.05) is 6.21 Å². The molecule has 214 valence electrons. The monoisotopic (exact) mass is 540 g/mol. The fourth-order valence-electron chi connectivity index (χ4n) is 5.44. The number of likely N-dealkylation sites (tertiary alicyclic amines) is 1. The van der Waals surface area contributed by atoms with Crippen LogP contribution in [-0.2, 0) is 13.2 Å². The van der Waals surface area contributed by atoms with Crippen LogP contribution in [0.3, 0.4) is 0 Å². The summed E-state index contributed by atoms with van der Waals surface area (Å²) in [6, 6.07) is 15.4. The molecule has 0 saturated carbocycles. The molecule has 0 spiro atoms. The minimum Gasteiger partial charge on any atom is -0.489 e. The first-order chi connectivity index (χ1) is 19.3. The van der Waals surface area contributed by atoms with E-state index in [9.17, 15) is 0 Å². The minimum atomic E-state index is 0.384. The number of ether oxygens (including phenoxy) is 1. The Hall–Kier alpha value is -3.18. The maximum atomic E-state index is 6.52. The third-order valence-electron chi connectivity index (χ3n) is 7.94. The predicted octanol–water partition coefficient (Wildman–Crippen LogP) is 8.98. The maximum Gasteiger partial charge on any atom is 0.123 e. The summed E-state index contributed by atoms with van der Waals surface area (Å²) in [5.74, 6) is 1.82. The Balaban J connectivity index is 1.73. The van der Waals surface area contributed by atoms with Crippen LogP contribution in [0.1, 0.15) is 106 Å². The van der Waals surface area contributed by atoms with Crippen LogP contribution in [0, 0.1) is 13.8 Å². The van der Waals surface area contributed by atoms with Crippen LogP contribution in [0.5, 0.6) is 5.75 Å². The molecule has 2 heterocycles. The highest BCUT2D eigenvalue weighted by Gasteiger charge is 2.19. The number of hydrogen-bond acceptors (Lipinski definition) is 5. The average Bonchev–Trinajstić information content (AvgIpc) is 2.93. The third kappa shape index (κ3) is 7.51.